The van der Waals surface area contributed by atoms with Gasteiger partial charge in [-0.3, -0.25) is 0 Å². The second kappa shape index (κ2) is 12.0. The summed E-state index contributed by atoms with van der Waals surface area (Å²) in [6.45, 7) is 0. The van der Waals surface area contributed by atoms with Crippen molar-refractivity contribution < 1.29 is 0 Å². The van der Waals surface area contributed by atoms with Gasteiger partial charge in [0.15, 0.2) is 17.5 Å². The van der Waals surface area contributed by atoms with Crippen LogP contribution >= 0.6 is 23.1 Å². The Balaban J connectivity index is 1.07. The van der Waals surface area contributed by atoms with Crippen molar-refractivity contribution in [2.24, 2.45) is 0 Å². The molecule has 1 aliphatic rings. The Kier molecular flexibility index (Phi) is 6.70. The topological polar surface area (TPSA) is 43.6 Å². The molecule has 0 radical (unpaired) electrons. The third kappa shape index (κ3) is 4.69. The van der Waals surface area contributed by atoms with E-state index in [1.165, 1.54) is 68.3 Å². The first-order chi connectivity index (χ1) is 27.3. The summed E-state index contributed by atoms with van der Waals surface area (Å²) in [5, 5.41) is 7.52. The molecule has 0 atom stereocenters. The van der Waals surface area contributed by atoms with Gasteiger partial charge in [-0.1, -0.05) is 139 Å². The van der Waals surface area contributed by atoms with E-state index in [9.17, 15) is 0 Å². The number of fused-ring (bicyclic) bond motifs is 9. The molecule has 0 amide bonds. The fourth-order valence-electron chi connectivity index (χ4n) is 8.38. The summed E-state index contributed by atoms with van der Waals surface area (Å²) in [7, 11) is 0. The number of thiophene rings is 1. The van der Waals surface area contributed by atoms with Crippen molar-refractivity contribution in [1.29, 1.82) is 0 Å². The number of aromatic nitrogens is 4. The number of benzene rings is 8. The van der Waals surface area contributed by atoms with Gasteiger partial charge in [0, 0.05) is 63.8 Å². The zero-order valence-electron chi connectivity index (χ0n) is 29.3. The number of nitrogens with zero attached hydrogens (tertiary/aromatic N) is 4. The third-order valence-electron chi connectivity index (χ3n) is 10.9. The van der Waals surface area contributed by atoms with Crippen LogP contribution in [0, 0.1) is 0 Å². The molecular formula is C49H28N4S2. The Morgan fingerprint density at radius 1 is 0.418 bits per heavy atom. The van der Waals surface area contributed by atoms with Crippen molar-refractivity contribution in [2.75, 3.05) is 0 Å². The van der Waals surface area contributed by atoms with Gasteiger partial charge in [0.1, 0.15) is 0 Å². The highest BCUT2D eigenvalue weighted by Gasteiger charge is 2.24. The maximum atomic E-state index is 5.11. The molecule has 0 N–H and O–H groups in total. The number of hydrogen-bond acceptors (Lipinski definition) is 5. The van der Waals surface area contributed by atoms with Gasteiger partial charge in [-0.25, -0.2) is 15.0 Å². The van der Waals surface area contributed by atoms with E-state index < -0.39 is 0 Å². The molecule has 0 unspecified atom stereocenters. The fraction of sp³-hybridized carbons (Fsp3) is 0. The van der Waals surface area contributed by atoms with Crippen LogP contribution in [0.15, 0.2) is 180 Å². The summed E-state index contributed by atoms with van der Waals surface area (Å²) < 4.78 is 5.12. The largest absolute Gasteiger partial charge is 0.308 e. The van der Waals surface area contributed by atoms with E-state index >= 15 is 0 Å². The standard InChI is InChI=1S/C49H28N4S2/c1-3-12-29(13-4-1)47-50-48(30-14-5-2-6-15-30)52-49(51-47)38-25-27-43-44-34(38)18-11-19-35(44)39-28-31(22-26-42(39)54-43)53-40-20-9-7-16-32(40)36-23-24-37-33-17-8-10-21-41(33)55-46(37)45(36)53/h1-28H. The number of hydrogen-bond donors (Lipinski definition) is 0. The zero-order chi connectivity index (χ0) is 36.0. The van der Waals surface area contributed by atoms with Crippen molar-refractivity contribution in [3.63, 3.8) is 0 Å². The molecule has 4 nitrogen and oxygen atoms in total. The van der Waals surface area contributed by atoms with E-state index in [-0.39, 0.29) is 0 Å². The van der Waals surface area contributed by atoms with Gasteiger partial charge < -0.3 is 4.57 Å². The van der Waals surface area contributed by atoms with Crippen LogP contribution in [0.2, 0.25) is 0 Å². The van der Waals surface area contributed by atoms with Crippen LogP contribution in [0.4, 0.5) is 0 Å². The van der Waals surface area contributed by atoms with Crippen LogP contribution in [0.3, 0.4) is 0 Å². The van der Waals surface area contributed by atoms with Gasteiger partial charge >= 0.3 is 0 Å². The molecule has 12 rings (SSSR count). The molecule has 0 saturated carbocycles. The molecule has 4 heterocycles. The van der Waals surface area contributed by atoms with Crippen molar-refractivity contribution >= 4 is 75.8 Å². The maximum absolute atomic E-state index is 5.11. The van der Waals surface area contributed by atoms with Crippen LogP contribution in [0.25, 0.3) is 104 Å². The highest BCUT2D eigenvalue weighted by molar-refractivity contribution is 7.99. The van der Waals surface area contributed by atoms with Gasteiger partial charge in [0.2, 0.25) is 0 Å². The summed E-state index contributed by atoms with van der Waals surface area (Å²) >= 11 is 3.72. The first kappa shape index (κ1) is 30.8. The lowest BCUT2D eigenvalue weighted by Gasteiger charge is -2.23. The molecule has 6 heteroatoms. The number of para-hydroxylation sites is 1. The predicted octanol–water partition coefficient (Wildman–Crippen LogP) is 13.6. The van der Waals surface area contributed by atoms with Gasteiger partial charge in [-0.15, -0.1) is 11.3 Å². The van der Waals surface area contributed by atoms with E-state index in [2.05, 4.69) is 138 Å². The molecule has 55 heavy (non-hydrogen) atoms. The minimum atomic E-state index is 0.660. The molecule has 0 fully saturated rings. The summed E-state index contributed by atoms with van der Waals surface area (Å²) in [5.41, 5.74) is 9.00. The Morgan fingerprint density at radius 3 is 1.87 bits per heavy atom. The normalized spacial score (nSPS) is 12.3. The van der Waals surface area contributed by atoms with Crippen LogP contribution < -0.4 is 0 Å². The van der Waals surface area contributed by atoms with E-state index in [4.69, 9.17) is 15.0 Å². The Morgan fingerprint density at radius 2 is 1.07 bits per heavy atom. The Bertz CT molecular complexity index is 3290. The van der Waals surface area contributed by atoms with Crippen molar-refractivity contribution in [3.8, 4) is 51.0 Å². The summed E-state index contributed by atoms with van der Waals surface area (Å²) in [6, 6.07) is 60.6. The zero-order valence-corrected chi connectivity index (χ0v) is 30.9. The molecule has 3 aromatic heterocycles. The predicted molar refractivity (Wildman–Crippen MR) is 230 cm³/mol. The van der Waals surface area contributed by atoms with Crippen LogP contribution in [0.5, 0.6) is 0 Å². The molecule has 0 bridgehead atoms. The fourth-order valence-corrected chi connectivity index (χ4v) is 10.7. The third-order valence-corrected chi connectivity index (χ3v) is 13.2. The maximum Gasteiger partial charge on any atom is 0.164 e. The van der Waals surface area contributed by atoms with Crippen LogP contribution in [0.1, 0.15) is 0 Å². The molecular weight excluding hydrogens is 709 g/mol. The molecule has 0 aliphatic carbocycles. The van der Waals surface area contributed by atoms with Crippen molar-refractivity contribution in [3.05, 3.63) is 170 Å². The quantitative estimate of drug-likeness (QED) is 0.180. The molecule has 256 valence electrons. The lowest BCUT2D eigenvalue weighted by molar-refractivity contribution is 1.08. The second-order valence-electron chi connectivity index (χ2n) is 13.9. The lowest BCUT2D eigenvalue weighted by Crippen LogP contribution is -2.02. The van der Waals surface area contributed by atoms with E-state index in [1.54, 1.807) is 0 Å². The van der Waals surface area contributed by atoms with E-state index in [1.807, 2.05) is 59.5 Å². The Hall–Kier alpha value is -6.60. The van der Waals surface area contributed by atoms with E-state index in [0.717, 1.165) is 27.8 Å². The Labute approximate surface area is 324 Å². The molecule has 0 spiro atoms. The molecule has 1 aliphatic heterocycles. The van der Waals surface area contributed by atoms with E-state index in [0.29, 0.717) is 17.5 Å². The monoisotopic (exact) mass is 736 g/mol. The van der Waals surface area contributed by atoms with Gasteiger partial charge in [-0.2, -0.15) is 0 Å². The highest BCUT2D eigenvalue weighted by atomic mass is 32.2. The van der Waals surface area contributed by atoms with Crippen LogP contribution in [-0.2, 0) is 0 Å². The minimum absolute atomic E-state index is 0.660. The first-order valence-electron chi connectivity index (χ1n) is 18.4. The molecule has 0 saturated heterocycles. The average molecular weight is 737 g/mol. The minimum Gasteiger partial charge on any atom is -0.308 e. The van der Waals surface area contributed by atoms with Crippen molar-refractivity contribution in [2.45, 2.75) is 9.79 Å². The van der Waals surface area contributed by atoms with Crippen LogP contribution in [-0.4, -0.2) is 19.5 Å². The number of rotatable bonds is 4. The molecule has 11 aromatic rings. The highest BCUT2D eigenvalue weighted by Crippen LogP contribution is 2.51. The van der Waals surface area contributed by atoms with Gasteiger partial charge in [-0.05, 0) is 59.0 Å². The summed E-state index contributed by atoms with van der Waals surface area (Å²) in [6.07, 6.45) is 0. The smallest absolute Gasteiger partial charge is 0.164 e. The SMILES string of the molecule is c1ccc(-c2nc(-c3ccccc3)nc(-c3ccc4c5c(cccc35)-c3cc(-n5c6ccccc6c6ccc7c8ccccc8sc7c65)ccc3S4)n2)cc1. The first-order valence-corrected chi connectivity index (χ1v) is 20.0. The molecule has 8 aromatic carbocycles. The summed E-state index contributed by atoms with van der Waals surface area (Å²) in [5.74, 6) is 1.99. The van der Waals surface area contributed by atoms with Gasteiger partial charge in [0.05, 0.1) is 15.7 Å². The van der Waals surface area contributed by atoms with Gasteiger partial charge in [0.25, 0.3) is 0 Å². The second-order valence-corrected chi connectivity index (χ2v) is 16.1. The summed E-state index contributed by atoms with van der Waals surface area (Å²) in [4.78, 5) is 17.7. The lowest BCUT2D eigenvalue weighted by atomic mass is 9.94. The average Bonchev–Trinajstić information content (AvgIpc) is 3.80. The van der Waals surface area contributed by atoms with Crippen molar-refractivity contribution in [1.82, 2.24) is 19.5 Å².